The molecule has 2 atom stereocenters. The first-order chi connectivity index (χ1) is 13.0. The molecule has 0 radical (unpaired) electrons. The molecule has 8 heteroatoms. The summed E-state index contributed by atoms with van der Waals surface area (Å²) in [5.41, 5.74) is -0.0177. The van der Waals surface area contributed by atoms with Crippen molar-refractivity contribution in [3.63, 3.8) is 0 Å². The van der Waals surface area contributed by atoms with Gasteiger partial charge in [0.15, 0.2) is 0 Å². The maximum absolute atomic E-state index is 13.0. The topological polar surface area (TPSA) is 87.7 Å². The number of nitrogens with zero attached hydrogens (tertiary/aromatic N) is 1. The van der Waals surface area contributed by atoms with Gasteiger partial charge in [0.05, 0.1) is 0 Å². The van der Waals surface area contributed by atoms with Crippen LogP contribution >= 0.6 is 12.6 Å². The largest absolute Gasteiger partial charge is 0.444 e. The maximum Gasteiger partial charge on any atom is 0.408 e. The van der Waals surface area contributed by atoms with Gasteiger partial charge in [0.2, 0.25) is 11.8 Å². The highest BCUT2D eigenvalue weighted by Gasteiger charge is 2.33. The molecule has 1 rings (SSSR count). The van der Waals surface area contributed by atoms with E-state index in [1.54, 1.807) is 45.0 Å². The first kappa shape index (κ1) is 23.8. The van der Waals surface area contributed by atoms with Gasteiger partial charge in [-0.3, -0.25) is 9.59 Å². The molecule has 0 aliphatic rings. The van der Waals surface area contributed by atoms with E-state index < -0.39 is 29.7 Å². The number of thiol groups is 1. The van der Waals surface area contributed by atoms with Crippen LogP contribution in [0.4, 0.5) is 4.79 Å². The quantitative estimate of drug-likeness (QED) is 0.604. The normalized spacial score (nSPS) is 13.4. The lowest BCUT2D eigenvalue weighted by molar-refractivity contribution is -0.140. The fraction of sp³-hybridized carbons (Fsp3) is 0.550. The van der Waals surface area contributed by atoms with E-state index in [9.17, 15) is 14.4 Å². The van der Waals surface area contributed by atoms with E-state index in [0.717, 1.165) is 0 Å². The molecule has 1 aromatic carbocycles. The van der Waals surface area contributed by atoms with Gasteiger partial charge in [-0.05, 0) is 40.2 Å². The van der Waals surface area contributed by atoms with Gasteiger partial charge < -0.3 is 20.3 Å². The number of carbonyl (C=O) groups excluding carboxylic acids is 3. The molecule has 0 bridgehead atoms. The summed E-state index contributed by atoms with van der Waals surface area (Å²) in [4.78, 5) is 39.2. The van der Waals surface area contributed by atoms with Gasteiger partial charge in [-0.25, -0.2) is 4.79 Å². The number of amides is 3. The summed E-state index contributed by atoms with van der Waals surface area (Å²) in [5.74, 6) is -0.670. The molecule has 0 aliphatic carbocycles. The van der Waals surface area contributed by atoms with E-state index in [1.165, 1.54) is 11.9 Å². The molecule has 0 saturated heterocycles. The van der Waals surface area contributed by atoms with Crippen LogP contribution in [0.5, 0.6) is 0 Å². The molecule has 7 nitrogen and oxygen atoms in total. The Labute approximate surface area is 172 Å². The maximum atomic E-state index is 13.0. The summed E-state index contributed by atoms with van der Waals surface area (Å²) in [6.45, 7) is 8.90. The molecule has 3 amide bonds. The lowest BCUT2D eigenvalue weighted by Crippen LogP contribution is -2.52. The number of alkyl carbamates (subject to hydrolysis) is 1. The van der Waals surface area contributed by atoms with E-state index in [2.05, 4.69) is 23.3 Å². The Morgan fingerprint density at radius 3 is 2.14 bits per heavy atom. The number of nitrogens with one attached hydrogen (secondary N) is 2. The van der Waals surface area contributed by atoms with Gasteiger partial charge in [-0.15, -0.1) is 0 Å². The van der Waals surface area contributed by atoms with Crippen LogP contribution in [0.1, 0.15) is 46.2 Å². The molecule has 0 heterocycles. The number of benzene rings is 1. The molecule has 28 heavy (non-hydrogen) atoms. The summed E-state index contributed by atoms with van der Waals surface area (Å²) in [6, 6.07) is 7.17. The third-order valence-corrected chi connectivity index (χ3v) is 4.07. The summed E-state index contributed by atoms with van der Waals surface area (Å²) < 4.78 is 5.21. The number of hydrogen-bond acceptors (Lipinski definition) is 5. The highest BCUT2D eigenvalue weighted by atomic mass is 32.1. The van der Waals surface area contributed by atoms with Crippen molar-refractivity contribution in [2.24, 2.45) is 0 Å². The number of carbonyl (C=O) groups is 3. The monoisotopic (exact) mass is 409 g/mol. The fourth-order valence-corrected chi connectivity index (χ4v) is 2.81. The fourth-order valence-electron chi connectivity index (χ4n) is 2.56. The predicted molar refractivity (Wildman–Crippen MR) is 112 cm³/mol. The average molecular weight is 410 g/mol. The lowest BCUT2D eigenvalue weighted by Gasteiger charge is -2.31. The smallest absolute Gasteiger partial charge is 0.408 e. The highest BCUT2D eigenvalue weighted by Crippen LogP contribution is 2.21. The summed E-state index contributed by atoms with van der Waals surface area (Å²) in [5, 5.41) is 5.37. The van der Waals surface area contributed by atoms with Crippen molar-refractivity contribution in [1.29, 1.82) is 0 Å². The summed E-state index contributed by atoms with van der Waals surface area (Å²) >= 11 is 4.18. The van der Waals surface area contributed by atoms with Gasteiger partial charge in [0.1, 0.15) is 17.7 Å². The van der Waals surface area contributed by atoms with E-state index in [1.807, 2.05) is 19.9 Å². The highest BCUT2D eigenvalue weighted by molar-refractivity contribution is 7.80. The van der Waals surface area contributed by atoms with E-state index >= 15 is 0 Å². The SMILES string of the molecule is CC(C)NC(=O)C(c1ccccc1)N(C)C(=O)C(CS)NC(=O)OC(C)(C)C. The Morgan fingerprint density at radius 1 is 1.11 bits per heavy atom. The van der Waals surface area contributed by atoms with Crippen LogP contribution in [0, 0.1) is 0 Å². The third-order valence-electron chi connectivity index (χ3n) is 3.70. The molecule has 156 valence electrons. The van der Waals surface area contributed by atoms with E-state index in [4.69, 9.17) is 4.74 Å². The Morgan fingerprint density at radius 2 is 1.68 bits per heavy atom. The lowest BCUT2D eigenvalue weighted by atomic mass is 10.0. The Kier molecular flexibility index (Phi) is 8.81. The Bertz CT molecular complexity index is 674. The first-order valence-electron chi connectivity index (χ1n) is 9.18. The van der Waals surface area contributed by atoms with Gasteiger partial charge in [0, 0.05) is 18.8 Å². The molecule has 0 spiro atoms. The molecule has 0 aromatic heterocycles. The van der Waals surface area contributed by atoms with Gasteiger partial charge >= 0.3 is 6.09 Å². The zero-order valence-corrected chi connectivity index (χ0v) is 18.2. The van der Waals surface area contributed by atoms with Crippen LogP contribution in [0.25, 0.3) is 0 Å². The molecular weight excluding hydrogens is 378 g/mol. The van der Waals surface area contributed by atoms with Gasteiger partial charge in [0.25, 0.3) is 0 Å². The number of likely N-dealkylation sites (N-methyl/N-ethyl adjacent to an activating group) is 1. The van der Waals surface area contributed by atoms with Crippen LogP contribution < -0.4 is 10.6 Å². The van der Waals surface area contributed by atoms with Crippen molar-refractivity contribution < 1.29 is 19.1 Å². The standard InChI is InChI=1S/C20H31N3O4S/c1-13(2)21-17(24)16(14-10-8-7-9-11-14)23(6)18(25)15(12-28)22-19(26)27-20(3,4)5/h7-11,13,15-16,28H,12H2,1-6H3,(H,21,24)(H,22,26). The molecule has 1 aromatic rings. The molecule has 2 unspecified atom stereocenters. The molecular formula is C20H31N3O4S. The Balaban J connectivity index is 3.05. The average Bonchev–Trinajstić information content (AvgIpc) is 2.57. The first-order valence-corrected chi connectivity index (χ1v) is 9.82. The second kappa shape index (κ2) is 10.4. The molecule has 0 fully saturated rings. The van der Waals surface area contributed by atoms with E-state index in [-0.39, 0.29) is 17.7 Å². The van der Waals surface area contributed by atoms with E-state index in [0.29, 0.717) is 5.56 Å². The van der Waals surface area contributed by atoms with Crippen molar-refractivity contribution in [3.8, 4) is 0 Å². The van der Waals surface area contributed by atoms with Crippen LogP contribution in [0.15, 0.2) is 30.3 Å². The number of ether oxygens (including phenoxy) is 1. The van der Waals surface area contributed by atoms with Crippen LogP contribution in [0.2, 0.25) is 0 Å². The van der Waals surface area contributed by atoms with Crippen LogP contribution in [-0.4, -0.2) is 53.3 Å². The van der Waals surface area contributed by atoms with Crippen molar-refractivity contribution in [1.82, 2.24) is 15.5 Å². The summed E-state index contributed by atoms with van der Waals surface area (Å²) in [6.07, 6.45) is -0.712. The van der Waals surface area contributed by atoms with Gasteiger partial charge in [-0.1, -0.05) is 30.3 Å². The minimum atomic E-state index is -0.929. The molecule has 2 N–H and O–H groups in total. The second-order valence-electron chi connectivity index (χ2n) is 7.81. The minimum Gasteiger partial charge on any atom is -0.444 e. The third kappa shape index (κ3) is 7.42. The second-order valence-corrected chi connectivity index (χ2v) is 8.17. The van der Waals surface area contributed by atoms with Crippen molar-refractivity contribution in [3.05, 3.63) is 35.9 Å². The van der Waals surface area contributed by atoms with Crippen LogP contribution in [0.3, 0.4) is 0 Å². The van der Waals surface area contributed by atoms with Crippen molar-refractivity contribution >= 4 is 30.5 Å². The zero-order chi connectivity index (χ0) is 21.5. The molecule has 0 aliphatic heterocycles. The predicted octanol–water partition coefficient (Wildman–Crippen LogP) is 2.53. The Hall–Kier alpha value is -2.22. The summed E-state index contributed by atoms with van der Waals surface area (Å²) in [7, 11) is 1.53. The number of rotatable bonds is 7. The van der Waals surface area contributed by atoms with Crippen LogP contribution in [-0.2, 0) is 14.3 Å². The zero-order valence-electron chi connectivity index (χ0n) is 17.4. The number of hydrogen-bond donors (Lipinski definition) is 3. The van der Waals surface area contributed by atoms with Crippen molar-refractivity contribution in [2.75, 3.05) is 12.8 Å². The minimum absolute atomic E-state index is 0.0652. The van der Waals surface area contributed by atoms with Gasteiger partial charge in [-0.2, -0.15) is 12.6 Å². The van der Waals surface area contributed by atoms with Crippen molar-refractivity contribution in [2.45, 2.75) is 58.3 Å². The molecule has 0 saturated carbocycles.